The van der Waals surface area contributed by atoms with Crippen LogP contribution >= 0.6 is 11.3 Å². The van der Waals surface area contributed by atoms with E-state index in [1.807, 2.05) is 24.4 Å². The highest BCUT2D eigenvalue weighted by molar-refractivity contribution is 7.10. The quantitative estimate of drug-likeness (QED) is 0.878. The molecule has 2 aromatic rings. The summed E-state index contributed by atoms with van der Waals surface area (Å²) in [5.41, 5.74) is 0. The van der Waals surface area contributed by atoms with Gasteiger partial charge in [-0.15, -0.1) is 11.3 Å². The molecule has 0 fully saturated rings. The first kappa shape index (κ1) is 10.9. The lowest BCUT2D eigenvalue weighted by atomic mass is 10.3. The molecular formula is C11H13N3OS. The third-order valence-electron chi connectivity index (χ3n) is 2.21. The van der Waals surface area contributed by atoms with Crippen molar-refractivity contribution in [1.29, 1.82) is 0 Å². The number of carbonyl (C=O) groups is 1. The van der Waals surface area contributed by atoms with Crippen LogP contribution in [0, 0.1) is 0 Å². The number of nitrogens with zero attached hydrogens (tertiary/aromatic N) is 2. The minimum absolute atomic E-state index is 0.0235. The molecule has 2 rings (SSSR count). The Morgan fingerprint density at radius 1 is 1.62 bits per heavy atom. The molecule has 2 heterocycles. The molecule has 0 saturated carbocycles. The number of amides is 1. The molecule has 0 aliphatic rings. The van der Waals surface area contributed by atoms with E-state index >= 15 is 0 Å². The number of carbonyl (C=O) groups excluding carboxylic acids is 1. The van der Waals surface area contributed by atoms with Crippen LogP contribution in [0.4, 0.5) is 0 Å². The fourth-order valence-electron chi connectivity index (χ4n) is 1.44. The topological polar surface area (TPSA) is 46.9 Å². The van der Waals surface area contributed by atoms with Gasteiger partial charge in [0.05, 0.1) is 6.04 Å². The predicted molar refractivity (Wildman–Crippen MR) is 63.1 cm³/mol. The zero-order valence-corrected chi connectivity index (χ0v) is 9.78. The van der Waals surface area contributed by atoms with Gasteiger partial charge in [-0.25, -0.2) is 0 Å². The summed E-state index contributed by atoms with van der Waals surface area (Å²) in [6.45, 7) is 2.25. The van der Waals surface area contributed by atoms with E-state index in [1.165, 1.54) is 0 Å². The fourth-order valence-corrected chi connectivity index (χ4v) is 2.17. The maximum Gasteiger partial charge on any atom is 0.242 e. The Balaban J connectivity index is 1.88. The van der Waals surface area contributed by atoms with Crippen molar-refractivity contribution in [2.24, 2.45) is 0 Å². The Bertz CT molecular complexity index is 436. The van der Waals surface area contributed by atoms with Crippen molar-refractivity contribution in [2.45, 2.75) is 19.5 Å². The second kappa shape index (κ2) is 4.94. The van der Waals surface area contributed by atoms with Crippen molar-refractivity contribution in [2.75, 3.05) is 0 Å². The number of hydrogen-bond donors (Lipinski definition) is 1. The molecule has 4 nitrogen and oxygen atoms in total. The highest BCUT2D eigenvalue weighted by Crippen LogP contribution is 2.17. The van der Waals surface area contributed by atoms with E-state index in [4.69, 9.17) is 0 Å². The lowest BCUT2D eigenvalue weighted by molar-refractivity contribution is -0.122. The van der Waals surface area contributed by atoms with Crippen molar-refractivity contribution >= 4 is 17.2 Å². The number of hydrogen-bond acceptors (Lipinski definition) is 3. The molecule has 0 spiro atoms. The molecule has 2 aromatic heterocycles. The highest BCUT2D eigenvalue weighted by Gasteiger charge is 2.10. The summed E-state index contributed by atoms with van der Waals surface area (Å²) in [4.78, 5) is 12.8. The molecule has 1 N–H and O–H groups in total. The van der Waals surface area contributed by atoms with E-state index in [-0.39, 0.29) is 18.5 Å². The molecule has 0 unspecified atom stereocenters. The summed E-state index contributed by atoms with van der Waals surface area (Å²) in [5, 5.41) is 8.92. The summed E-state index contributed by atoms with van der Waals surface area (Å²) >= 11 is 1.64. The second-order valence-electron chi connectivity index (χ2n) is 3.51. The molecule has 0 aliphatic heterocycles. The second-order valence-corrected chi connectivity index (χ2v) is 4.49. The van der Waals surface area contributed by atoms with Crippen LogP contribution in [0.1, 0.15) is 17.8 Å². The molecule has 5 heteroatoms. The van der Waals surface area contributed by atoms with Crippen LogP contribution < -0.4 is 5.32 Å². The summed E-state index contributed by atoms with van der Waals surface area (Å²) < 4.78 is 1.61. The van der Waals surface area contributed by atoms with E-state index in [0.717, 1.165) is 4.88 Å². The van der Waals surface area contributed by atoms with Crippen LogP contribution in [-0.2, 0) is 11.3 Å². The van der Waals surface area contributed by atoms with Crippen molar-refractivity contribution < 1.29 is 4.79 Å². The third kappa shape index (κ3) is 2.70. The van der Waals surface area contributed by atoms with Gasteiger partial charge in [-0.05, 0) is 24.4 Å². The Hall–Kier alpha value is -1.62. The van der Waals surface area contributed by atoms with E-state index in [9.17, 15) is 4.79 Å². The Labute approximate surface area is 97.9 Å². The maximum absolute atomic E-state index is 11.6. The first-order chi connectivity index (χ1) is 7.75. The molecule has 0 aromatic carbocycles. The number of rotatable bonds is 4. The van der Waals surface area contributed by atoms with Crippen LogP contribution in [0.15, 0.2) is 36.0 Å². The van der Waals surface area contributed by atoms with Gasteiger partial charge in [0.15, 0.2) is 0 Å². The van der Waals surface area contributed by atoms with Crippen LogP contribution in [0.25, 0.3) is 0 Å². The van der Waals surface area contributed by atoms with Crippen molar-refractivity contribution in [3.63, 3.8) is 0 Å². The molecule has 1 atom stereocenters. The van der Waals surface area contributed by atoms with Crippen molar-refractivity contribution in [3.05, 3.63) is 40.8 Å². The maximum atomic E-state index is 11.6. The van der Waals surface area contributed by atoms with Crippen LogP contribution in [0.2, 0.25) is 0 Å². The monoisotopic (exact) mass is 235 g/mol. The Kier molecular flexibility index (Phi) is 3.36. The van der Waals surface area contributed by atoms with E-state index < -0.39 is 0 Å². The van der Waals surface area contributed by atoms with Crippen LogP contribution in [0.5, 0.6) is 0 Å². The highest BCUT2D eigenvalue weighted by atomic mass is 32.1. The number of nitrogens with one attached hydrogen (secondary N) is 1. The van der Waals surface area contributed by atoms with Gasteiger partial charge in [-0.3, -0.25) is 9.48 Å². The minimum atomic E-state index is -0.0235. The van der Waals surface area contributed by atoms with Gasteiger partial charge in [-0.1, -0.05) is 6.07 Å². The summed E-state index contributed by atoms with van der Waals surface area (Å²) in [5.74, 6) is -0.0235. The van der Waals surface area contributed by atoms with Gasteiger partial charge in [0, 0.05) is 17.3 Å². The van der Waals surface area contributed by atoms with E-state index in [2.05, 4.69) is 10.4 Å². The normalized spacial score (nSPS) is 12.3. The molecule has 0 aliphatic carbocycles. The van der Waals surface area contributed by atoms with Gasteiger partial charge < -0.3 is 5.32 Å². The number of thiophene rings is 1. The molecule has 1 amide bonds. The zero-order chi connectivity index (χ0) is 11.4. The molecule has 0 saturated heterocycles. The molecule has 84 valence electrons. The first-order valence-corrected chi connectivity index (χ1v) is 5.94. The summed E-state index contributed by atoms with van der Waals surface area (Å²) in [7, 11) is 0. The summed E-state index contributed by atoms with van der Waals surface area (Å²) in [6.07, 6.45) is 3.44. The van der Waals surface area contributed by atoms with Crippen LogP contribution in [0.3, 0.4) is 0 Å². The smallest absolute Gasteiger partial charge is 0.242 e. The van der Waals surface area contributed by atoms with Gasteiger partial charge >= 0.3 is 0 Å². The molecule has 0 radical (unpaired) electrons. The molecule has 16 heavy (non-hydrogen) atoms. The van der Waals surface area contributed by atoms with Gasteiger partial charge in [0.2, 0.25) is 5.91 Å². The largest absolute Gasteiger partial charge is 0.347 e. The summed E-state index contributed by atoms with van der Waals surface area (Å²) in [6, 6.07) is 5.86. The molecular weight excluding hydrogens is 222 g/mol. The van der Waals surface area contributed by atoms with Gasteiger partial charge in [0.1, 0.15) is 6.54 Å². The van der Waals surface area contributed by atoms with Crippen LogP contribution in [-0.4, -0.2) is 15.7 Å². The SMILES string of the molecule is C[C@@H](NC(=O)Cn1cccn1)c1cccs1. The standard InChI is InChI=1S/C11H13N3OS/c1-9(10-4-2-7-16-10)13-11(15)8-14-6-3-5-12-14/h2-7,9H,8H2,1H3,(H,13,15)/t9-/m1/s1. The first-order valence-electron chi connectivity index (χ1n) is 5.06. The molecule has 0 bridgehead atoms. The van der Waals surface area contributed by atoms with E-state index in [1.54, 1.807) is 34.5 Å². The van der Waals surface area contributed by atoms with Crippen molar-refractivity contribution in [3.8, 4) is 0 Å². The lowest BCUT2D eigenvalue weighted by Crippen LogP contribution is -2.29. The predicted octanol–water partition coefficient (Wildman–Crippen LogP) is 1.82. The van der Waals surface area contributed by atoms with Gasteiger partial charge in [0.25, 0.3) is 0 Å². The third-order valence-corrected chi connectivity index (χ3v) is 3.27. The van der Waals surface area contributed by atoms with Gasteiger partial charge in [-0.2, -0.15) is 5.10 Å². The Morgan fingerprint density at radius 3 is 3.12 bits per heavy atom. The minimum Gasteiger partial charge on any atom is -0.347 e. The van der Waals surface area contributed by atoms with E-state index in [0.29, 0.717) is 0 Å². The van der Waals surface area contributed by atoms with Crippen molar-refractivity contribution in [1.82, 2.24) is 15.1 Å². The fraction of sp³-hybridized carbons (Fsp3) is 0.273. The Morgan fingerprint density at radius 2 is 2.50 bits per heavy atom. The average Bonchev–Trinajstić information content (AvgIpc) is 2.88. The average molecular weight is 235 g/mol. The zero-order valence-electron chi connectivity index (χ0n) is 8.96. The lowest BCUT2D eigenvalue weighted by Gasteiger charge is -2.11. The number of aromatic nitrogens is 2.